The molecule has 1 saturated carbocycles. The highest BCUT2D eigenvalue weighted by molar-refractivity contribution is 9.10. The third-order valence-corrected chi connectivity index (χ3v) is 5.59. The van der Waals surface area contributed by atoms with Gasteiger partial charge in [0.25, 0.3) is 0 Å². The minimum atomic E-state index is -0.852. The topological polar surface area (TPSA) is 43.4 Å². The number of carbonyl (C=O) groups excluding carboxylic acids is 2. The first-order valence-electron chi connectivity index (χ1n) is 8.04. The van der Waals surface area contributed by atoms with E-state index in [1.54, 1.807) is 0 Å². The summed E-state index contributed by atoms with van der Waals surface area (Å²) >= 11 is 3.56. The fraction of sp³-hybridized carbons (Fsp3) is 0.556. The van der Waals surface area contributed by atoms with Crippen LogP contribution in [0.5, 0.6) is 0 Å². The highest BCUT2D eigenvalue weighted by atomic mass is 79.9. The third kappa shape index (κ3) is 2.41. The molecule has 2 fully saturated rings. The van der Waals surface area contributed by atoms with Crippen molar-refractivity contribution in [2.24, 2.45) is 0 Å². The molecular weight excluding hydrogens is 344 g/mol. The number of esters is 1. The molecule has 1 aliphatic heterocycles. The second-order valence-corrected chi connectivity index (χ2v) is 7.30. The van der Waals surface area contributed by atoms with Crippen LogP contribution in [0.25, 0.3) is 0 Å². The van der Waals surface area contributed by atoms with Crippen LogP contribution in [0.1, 0.15) is 61.6 Å². The third-order valence-electron chi connectivity index (χ3n) is 4.93. The number of Topliss-reactive ketones (excluding diaryl/α,β-unsaturated/α-hetero) is 1. The Morgan fingerprint density at radius 1 is 1.23 bits per heavy atom. The minimum Gasteiger partial charge on any atom is -0.450 e. The number of hydrogen-bond donors (Lipinski definition) is 0. The molecule has 0 N–H and O–H groups in total. The quantitative estimate of drug-likeness (QED) is 0.582. The van der Waals surface area contributed by atoms with E-state index in [0.29, 0.717) is 12.8 Å². The van der Waals surface area contributed by atoms with Gasteiger partial charge in [0.05, 0.1) is 0 Å². The Balaban J connectivity index is 2.06. The van der Waals surface area contributed by atoms with Gasteiger partial charge in [-0.2, -0.15) is 0 Å². The van der Waals surface area contributed by atoms with Gasteiger partial charge >= 0.3 is 5.97 Å². The lowest BCUT2D eigenvalue weighted by atomic mass is 9.77. The number of rotatable bonds is 2. The number of carbonyl (C=O) groups is 2. The van der Waals surface area contributed by atoms with E-state index in [4.69, 9.17) is 4.74 Å². The molecule has 2 aliphatic rings. The minimum absolute atomic E-state index is 0.0311. The zero-order valence-electron chi connectivity index (χ0n) is 13.1. The lowest BCUT2D eigenvalue weighted by molar-refractivity contribution is -0.154. The largest absolute Gasteiger partial charge is 0.450 e. The van der Waals surface area contributed by atoms with E-state index >= 15 is 0 Å². The van der Waals surface area contributed by atoms with Crippen molar-refractivity contribution < 1.29 is 14.3 Å². The predicted molar refractivity (Wildman–Crippen MR) is 87.9 cm³/mol. The predicted octanol–water partition coefficient (Wildman–Crippen LogP) is 4.23. The van der Waals surface area contributed by atoms with Crippen molar-refractivity contribution >= 4 is 27.7 Å². The number of aryl methyl sites for hydroxylation is 2. The average Bonchev–Trinajstić information content (AvgIpc) is 2.71. The summed E-state index contributed by atoms with van der Waals surface area (Å²) in [5.74, 6) is -1.16. The van der Waals surface area contributed by atoms with E-state index in [-0.39, 0.29) is 11.8 Å². The van der Waals surface area contributed by atoms with E-state index in [1.807, 2.05) is 19.9 Å². The summed E-state index contributed by atoms with van der Waals surface area (Å²) in [6.45, 7) is 4.07. The maximum Gasteiger partial charge on any atom is 0.322 e. The van der Waals surface area contributed by atoms with Crippen LogP contribution in [0.4, 0.5) is 0 Å². The van der Waals surface area contributed by atoms with Crippen molar-refractivity contribution in [3.63, 3.8) is 0 Å². The summed E-state index contributed by atoms with van der Waals surface area (Å²) in [7, 11) is 0. The summed E-state index contributed by atoms with van der Waals surface area (Å²) in [5, 5.41) is 0. The summed E-state index contributed by atoms with van der Waals surface area (Å²) < 4.78 is 6.48. The van der Waals surface area contributed by atoms with Gasteiger partial charge in [-0.3, -0.25) is 9.59 Å². The van der Waals surface area contributed by atoms with Gasteiger partial charge in [0.2, 0.25) is 0 Å². The van der Waals surface area contributed by atoms with Gasteiger partial charge in [0.1, 0.15) is 5.92 Å². The molecule has 1 unspecified atom stereocenters. The number of benzene rings is 1. The van der Waals surface area contributed by atoms with Gasteiger partial charge in [-0.25, -0.2) is 0 Å². The molecule has 22 heavy (non-hydrogen) atoms. The Bertz CT molecular complexity index is 629. The molecule has 1 aromatic carbocycles. The second-order valence-electron chi connectivity index (χ2n) is 6.45. The lowest BCUT2D eigenvalue weighted by Crippen LogP contribution is -2.39. The molecule has 1 atom stereocenters. The first-order valence-corrected chi connectivity index (χ1v) is 8.84. The zero-order valence-corrected chi connectivity index (χ0v) is 14.7. The Morgan fingerprint density at radius 3 is 2.55 bits per heavy atom. The normalized spacial score (nSPS) is 23.9. The standard InChI is InChI=1S/C18H21BrO3/c1-3-12-9-11(2)10-13(19)14(12)15-16(20)18(22-17(15)21)7-5-4-6-8-18/h9-10,15H,3-8H2,1-2H3. The zero-order chi connectivity index (χ0) is 15.9. The van der Waals surface area contributed by atoms with Crippen molar-refractivity contribution in [2.45, 2.75) is 63.9 Å². The molecule has 1 spiro atoms. The van der Waals surface area contributed by atoms with Crippen molar-refractivity contribution in [3.8, 4) is 0 Å². The lowest BCUT2D eigenvalue weighted by Gasteiger charge is -2.30. The van der Waals surface area contributed by atoms with Gasteiger partial charge in [0.15, 0.2) is 11.4 Å². The summed E-state index contributed by atoms with van der Waals surface area (Å²) in [6, 6.07) is 4.04. The maximum atomic E-state index is 13.0. The summed E-state index contributed by atoms with van der Waals surface area (Å²) in [5.41, 5.74) is 2.13. The van der Waals surface area contributed by atoms with Crippen LogP contribution in [0.3, 0.4) is 0 Å². The van der Waals surface area contributed by atoms with Crippen LogP contribution in [0, 0.1) is 6.92 Å². The van der Waals surface area contributed by atoms with Gasteiger partial charge in [0, 0.05) is 4.47 Å². The SMILES string of the molecule is CCc1cc(C)cc(Br)c1C1C(=O)OC2(CCCCC2)C1=O. The molecule has 3 nitrogen and oxygen atoms in total. The number of ether oxygens (including phenoxy) is 1. The molecule has 118 valence electrons. The van der Waals surface area contributed by atoms with Crippen molar-refractivity contribution in [2.75, 3.05) is 0 Å². The van der Waals surface area contributed by atoms with E-state index < -0.39 is 11.5 Å². The summed E-state index contributed by atoms with van der Waals surface area (Å²) in [6.07, 6.45) is 5.19. The van der Waals surface area contributed by atoms with Crippen LogP contribution < -0.4 is 0 Å². The van der Waals surface area contributed by atoms with E-state index in [0.717, 1.165) is 46.8 Å². The molecule has 0 amide bonds. The van der Waals surface area contributed by atoms with Crippen LogP contribution in [0.15, 0.2) is 16.6 Å². The van der Waals surface area contributed by atoms with Crippen molar-refractivity contribution in [3.05, 3.63) is 33.3 Å². The van der Waals surface area contributed by atoms with Crippen molar-refractivity contribution in [1.82, 2.24) is 0 Å². The molecule has 1 heterocycles. The molecule has 1 aliphatic carbocycles. The monoisotopic (exact) mass is 364 g/mol. The fourth-order valence-electron chi connectivity index (χ4n) is 3.83. The summed E-state index contributed by atoms with van der Waals surface area (Å²) in [4.78, 5) is 25.5. The average molecular weight is 365 g/mol. The maximum absolute atomic E-state index is 13.0. The molecule has 0 bridgehead atoms. The first-order chi connectivity index (χ1) is 10.5. The number of ketones is 1. The number of hydrogen-bond acceptors (Lipinski definition) is 3. The van der Waals surface area contributed by atoms with E-state index in [9.17, 15) is 9.59 Å². The molecule has 0 radical (unpaired) electrons. The number of halogens is 1. The Morgan fingerprint density at radius 2 is 1.91 bits per heavy atom. The first kappa shape index (κ1) is 15.7. The molecule has 1 aromatic rings. The highest BCUT2D eigenvalue weighted by Crippen LogP contribution is 2.45. The highest BCUT2D eigenvalue weighted by Gasteiger charge is 2.56. The Labute approximate surface area is 139 Å². The molecule has 4 heteroatoms. The van der Waals surface area contributed by atoms with Crippen LogP contribution in [0.2, 0.25) is 0 Å². The fourth-order valence-corrected chi connectivity index (χ4v) is 4.68. The van der Waals surface area contributed by atoms with E-state index in [1.165, 1.54) is 0 Å². The van der Waals surface area contributed by atoms with Gasteiger partial charge in [-0.05, 0) is 61.8 Å². The Kier molecular flexibility index (Phi) is 4.15. The van der Waals surface area contributed by atoms with Gasteiger partial charge < -0.3 is 4.74 Å². The van der Waals surface area contributed by atoms with Gasteiger partial charge in [-0.1, -0.05) is 35.3 Å². The van der Waals surface area contributed by atoms with E-state index in [2.05, 4.69) is 22.0 Å². The van der Waals surface area contributed by atoms with Crippen LogP contribution >= 0.6 is 15.9 Å². The Hall–Kier alpha value is -1.16. The molecular formula is C18H21BrO3. The van der Waals surface area contributed by atoms with Crippen LogP contribution in [-0.4, -0.2) is 17.4 Å². The van der Waals surface area contributed by atoms with Gasteiger partial charge in [-0.15, -0.1) is 0 Å². The molecule has 0 aromatic heterocycles. The van der Waals surface area contributed by atoms with Crippen LogP contribution in [-0.2, 0) is 20.7 Å². The second kappa shape index (κ2) is 5.80. The smallest absolute Gasteiger partial charge is 0.322 e. The molecule has 3 rings (SSSR count). The molecule has 1 saturated heterocycles. The van der Waals surface area contributed by atoms with Crippen molar-refractivity contribution in [1.29, 1.82) is 0 Å².